The number of ether oxygens (including phenoxy) is 1. The Morgan fingerprint density at radius 2 is 2.05 bits per heavy atom. The van der Waals surface area contributed by atoms with E-state index in [1.54, 1.807) is 6.07 Å². The van der Waals surface area contributed by atoms with Gasteiger partial charge in [0.25, 0.3) is 5.69 Å². The summed E-state index contributed by atoms with van der Waals surface area (Å²) in [6.07, 6.45) is 1.49. The average molecular weight is 392 g/mol. The Balaban J connectivity index is 2.31. The summed E-state index contributed by atoms with van der Waals surface area (Å²) in [6, 6.07) is 4.82. The Morgan fingerprint density at radius 1 is 1.32 bits per heavy atom. The van der Waals surface area contributed by atoms with E-state index < -0.39 is 10.7 Å². The van der Waals surface area contributed by atoms with Gasteiger partial charge in [0.2, 0.25) is 5.88 Å². The number of hydrogen-bond acceptors (Lipinski definition) is 4. The smallest absolute Gasteiger partial charge is 0.272 e. The van der Waals surface area contributed by atoms with Crippen molar-refractivity contribution in [2.75, 3.05) is 0 Å². The van der Waals surface area contributed by atoms with Crippen LogP contribution in [-0.4, -0.2) is 9.91 Å². The van der Waals surface area contributed by atoms with Gasteiger partial charge in [-0.15, -0.1) is 0 Å². The van der Waals surface area contributed by atoms with Gasteiger partial charge in [-0.3, -0.25) is 10.1 Å². The first kappa shape index (κ1) is 13.9. The molecule has 0 spiro atoms. The maximum atomic E-state index is 13.6. The highest BCUT2D eigenvalue weighted by Crippen LogP contribution is 2.31. The number of aromatic nitrogens is 1. The Labute approximate surface area is 123 Å². The fourth-order valence-electron chi connectivity index (χ4n) is 1.27. The molecule has 0 bridgehead atoms. The molecule has 5 nitrogen and oxygen atoms in total. The van der Waals surface area contributed by atoms with Crippen molar-refractivity contribution >= 4 is 37.5 Å². The summed E-state index contributed by atoms with van der Waals surface area (Å²) in [7, 11) is 0. The third-order valence-corrected chi connectivity index (χ3v) is 3.11. The maximum Gasteiger partial charge on any atom is 0.272 e. The molecule has 19 heavy (non-hydrogen) atoms. The second kappa shape index (κ2) is 5.62. The molecule has 0 amide bonds. The molecule has 0 unspecified atom stereocenters. The van der Waals surface area contributed by atoms with Crippen LogP contribution in [0.5, 0.6) is 11.6 Å². The largest absolute Gasteiger partial charge is 0.435 e. The first-order chi connectivity index (χ1) is 8.97. The molecule has 8 heteroatoms. The van der Waals surface area contributed by atoms with Crippen LogP contribution in [0.25, 0.3) is 0 Å². The minimum atomic E-state index is -0.828. The molecule has 0 saturated heterocycles. The number of halogens is 3. The molecule has 0 N–H and O–H groups in total. The number of pyridine rings is 1. The zero-order valence-electron chi connectivity index (χ0n) is 9.14. The van der Waals surface area contributed by atoms with Crippen molar-refractivity contribution in [3.63, 3.8) is 0 Å². The highest BCUT2D eigenvalue weighted by molar-refractivity contribution is 9.11. The molecule has 2 aromatic rings. The zero-order chi connectivity index (χ0) is 14.0. The third-order valence-electron chi connectivity index (χ3n) is 2.11. The molecule has 0 radical (unpaired) electrons. The predicted octanol–water partition coefficient (Wildman–Crippen LogP) is 4.45. The van der Waals surface area contributed by atoms with Gasteiger partial charge < -0.3 is 4.74 Å². The van der Waals surface area contributed by atoms with Crippen molar-refractivity contribution in [1.29, 1.82) is 0 Å². The number of non-ortho nitro benzene ring substituents is 1. The van der Waals surface area contributed by atoms with Crippen LogP contribution < -0.4 is 4.74 Å². The molecule has 0 aliphatic carbocycles. The second-order valence-corrected chi connectivity index (χ2v) is 5.18. The van der Waals surface area contributed by atoms with Crippen LogP contribution in [0.15, 0.2) is 39.4 Å². The van der Waals surface area contributed by atoms with Crippen molar-refractivity contribution in [1.82, 2.24) is 4.98 Å². The fourth-order valence-corrected chi connectivity index (χ4v) is 2.34. The molecule has 1 aromatic heterocycles. The highest BCUT2D eigenvalue weighted by atomic mass is 79.9. The molecule has 2 rings (SSSR count). The Bertz CT molecular complexity index is 652. The quantitative estimate of drug-likeness (QED) is 0.572. The van der Waals surface area contributed by atoms with E-state index in [9.17, 15) is 14.5 Å². The van der Waals surface area contributed by atoms with Crippen molar-refractivity contribution in [3.8, 4) is 11.6 Å². The van der Waals surface area contributed by atoms with Gasteiger partial charge in [0.05, 0.1) is 15.5 Å². The molecule has 98 valence electrons. The van der Waals surface area contributed by atoms with Gasteiger partial charge in [-0.05, 0) is 44.0 Å². The van der Waals surface area contributed by atoms with E-state index in [-0.39, 0.29) is 17.3 Å². The summed E-state index contributed by atoms with van der Waals surface area (Å²) in [5.41, 5.74) is -0.340. The first-order valence-corrected chi connectivity index (χ1v) is 6.49. The normalized spacial score (nSPS) is 10.3. The van der Waals surface area contributed by atoms with E-state index in [4.69, 9.17) is 4.74 Å². The molecule has 0 aliphatic rings. The predicted molar refractivity (Wildman–Crippen MR) is 72.8 cm³/mol. The van der Waals surface area contributed by atoms with Crippen LogP contribution in [-0.2, 0) is 0 Å². The second-order valence-electron chi connectivity index (χ2n) is 3.41. The molecular weight excluding hydrogens is 387 g/mol. The summed E-state index contributed by atoms with van der Waals surface area (Å²) in [5, 5.41) is 10.5. The van der Waals surface area contributed by atoms with Gasteiger partial charge in [0.1, 0.15) is 0 Å². The van der Waals surface area contributed by atoms with Crippen LogP contribution in [0.1, 0.15) is 0 Å². The first-order valence-electron chi connectivity index (χ1n) is 4.90. The van der Waals surface area contributed by atoms with E-state index >= 15 is 0 Å². The van der Waals surface area contributed by atoms with Crippen LogP contribution in [0.4, 0.5) is 10.1 Å². The van der Waals surface area contributed by atoms with Gasteiger partial charge in [0.15, 0.2) is 11.6 Å². The SMILES string of the molecule is O=[N+]([O-])c1ccc(Oc2ncc(Br)cc2Br)c(F)c1. The van der Waals surface area contributed by atoms with Crippen molar-refractivity contribution in [2.24, 2.45) is 0 Å². The zero-order valence-corrected chi connectivity index (χ0v) is 12.3. The van der Waals surface area contributed by atoms with Crippen molar-refractivity contribution < 1.29 is 14.1 Å². The Kier molecular flexibility index (Phi) is 4.11. The lowest BCUT2D eigenvalue weighted by Crippen LogP contribution is -1.94. The lowest BCUT2D eigenvalue weighted by atomic mass is 10.3. The van der Waals surface area contributed by atoms with Crippen LogP contribution in [0, 0.1) is 15.9 Å². The monoisotopic (exact) mass is 390 g/mol. The van der Waals surface area contributed by atoms with Crippen molar-refractivity contribution in [3.05, 3.63) is 55.3 Å². The van der Waals surface area contributed by atoms with Crippen molar-refractivity contribution in [2.45, 2.75) is 0 Å². The van der Waals surface area contributed by atoms with Gasteiger partial charge >= 0.3 is 0 Å². The van der Waals surface area contributed by atoms with Gasteiger partial charge in [-0.25, -0.2) is 9.37 Å². The minimum Gasteiger partial charge on any atom is -0.435 e. The third kappa shape index (κ3) is 3.27. The van der Waals surface area contributed by atoms with Crippen LogP contribution in [0.3, 0.4) is 0 Å². The number of rotatable bonds is 3. The number of nitro groups is 1. The van der Waals surface area contributed by atoms with Crippen LogP contribution in [0.2, 0.25) is 0 Å². The van der Waals surface area contributed by atoms with E-state index in [2.05, 4.69) is 36.8 Å². The van der Waals surface area contributed by atoms with E-state index in [1.165, 1.54) is 12.3 Å². The fraction of sp³-hybridized carbons (Fsp3) is 0. The maximum absolute atomic E-state index is 13.6. The van der Waals surface area contributed by atoms with Crippen LogP contribution >= 0.6 is 31.9 Å². The van der Waals surface area contributed by atoms with E-state index in [1.807, 2.05) is 0 Å². The van der Waals surface area contributed by atoms with E-state index in [0.29, 0.717) is 4.47 Å². The molecule has 0 saturated carbocycles. The molecule has 1 heterocycles. The summed E-state index contributed by atoms with van der Waals surface area (Å²) >= 11 is 6.44. The number of benzene rings is 1. The number of nitro benzene ring substituents is 1. The highest BCUT2D eigenvalue weighted by Gasteiger charge is 2.14. The Hall–Kier alpha value is -1.54. The standard InChI is InChI=1S/C11H5Br2FN2O3/c12-6-3-8(13)11(15-5-6)19-10-2-1-7(16(17)18)4-9(10)14/h1-5H. The molecule has 0 fully saturated rings. The molecule has 0 aliphatic heterocycles. The van der Waals surface area contributed by atoms with Gasteiger partial charge in [-0.2, -0.15) is 0 Å². The average Bonchev–Trinajstić information content (AvgIpc) is 2.34. The van der Waals surface area contributed by atoms with Gasteiger partial charge in [-0.1, -0.05) is 0 Å². The summed E-state index contributed by atoms with van der Waals surface area (Å²) in [4.78, 5) is 13.8. The van der Waals surface area contributed by atoms with Gasteiger partial charge in [0, 0.05) is 16.7 Å². The Morgan fingerprint density at radius 3 is 2.63 bits per heavy atom. The lowest BCUT2D eigenvalue weighted by molar-refractivity contribution is -0.385. The minimum absolute atomic E-state index is 0.138. The summed E-state index contributed by atoms with van der Waals surface area (Å²) in [6.45, 7) is 0. The lowest BCUT2D eigenvalue weighted by Gasteiger charge is -2.07. The number of hydrogen-bond donors (Lipinski definition) is 0. The summed E-state index contributed by atoms with van der Waals surface area (Å²) in [5.74, 6) is -0.803. The number of nitrogens with zero attached hydrogens (tertiary/aromatic N) is 2. The molecule has 0 atom stereocenters. The summed E-state index contributed by atoms with van der Waals surface area (Å²) < 4.78 is 20.1. The molecule has 1 aromatic carbocycles. The molecular formula is C11H5Br2FN2O3. The van der Waals surface area contributed by atoms with E-state index in [0.717, 1.165) is 16.6 Å². The topological polar surface area (TPSA) is 65.3 Å².